The number of hydrogen-bond donors (Lipinski definition) is 1. The van der Waals surface area contributed by atoms with Gasteiger partial charge in [-0.1, -0.05) is 0 Å². The minimum absolute atomic E-state index is 0.220. The highest BCUT2D eigenvalue weighted by molar-refractivity contribution is 6.14. The van der Waals surface area contributed by atoms with Crippen LogP contribution < -0.4 is 5.32 Å². The molecule has 0 aromatic rings. The van der Waals surface area contributed by atoms with Crippen LogP contribution in [0, 0.1) is 0 Å². The number of hydrogen-bond acceptors (Lipinski definition) is 3. The van der Waals surface area contributed by atoms with Gasteiger partial charge in [-0.15, -0.1) is 0 Å². The third-order valence-electron chi connectivity index (χ3n) is 1.72. The van der Waals surface area contributed by atoms with Crippen molar-refractivity contribution in [3.05, 3.63) is 12.2 Å². The highest BCUT2D eigenvalue weighted by atomic mass is 16.2. The van der Waals surface area contributed by atoms with Crippen molar-refractivity contribution in [1.29, 1.82) is 0 Å². The topological polar surface area (TPSA) is 66.5 Å². The van der Waals surface area contributed by atoms with Crippen LogP contribution in [0.15, 0.2) is 12.2 Å². The summed E-state index contributed by atoms with van der Waals surface area (Å²) in [5.41, 5.74) is -0.365. The molecular formula is C10H14N2O3. The normalized spacial score (nSPS) is 16.1. The number of nitrogens with one attached hydrogen (secondary N) is 1. The Kier molecular flexibility index (Phi) is 2.93. The standard InChI is InChI=1S/C10H14N2O3/c1-10(2,3)11-7(13)6-12-8(14)4-5-9(12)15/h4-5H,6H2,1-3H3,(H,11,13). The third kappa shape index (κ3) is 3.19. The average molecular weight is 210 g/mol. The second kappa shape index (κ2) is 3.84. The first-order valence-electron chi connectivity index (χ1n) is 4.64. The number of carbonyl (C=O) groups excluding carboxylic acids is 3. The van der Waals surface area contributed by atoms with Crippen LogP contribution in [0.5, 0.6) is 0 Å². The van der Waals surface area contributed by atoms with Gasteiger partial charge in [-0.05, 0) is 20.8 Å². The van der Waals surface area contributed by atoms with Gasteiger partial charge in [0.15, 0.2) is 0 Å². The van der Waals surface area contributed by atoms with E-state index in [0.29, 0.717) is 0 Å². The summed E-state index contributed by atoms with van der Waals surface area (Å²) in [5, 5.41) is 2.67. The maximum Gasteiger partial charge on any atom is 0.254 e. The third-order valence-corrected chi connectivity index (χ3v) is 1.72. The summed E-state index contributed by atoms with van der Waals surface area (Å²) >= 11 is 0. The van der Waals surface area contributed by atoms with Gasteiger partial charge in [0.2, 0.25) is 5.91 Å². The molecule has 1 rings (SSSR count). The molecule has 0 fully saturated rings. The van der Waals surface area contributed by atoms with E-state index >= 15 is 0 Å². The van der Waals surface area contributed by atoms with Crippen LogP contribution in [0.1, 0.15) is 20.8 Å². The fourth-order valence-electron chi connectivity index (χ4n) is 1.19. The Labute approximate surface area is 88.1 Å². The lowest BCUT2D eigenvalue weighted by Gasteiger charge is -2.22. The van der Waals surface area contributed by atoms with Crippen LogP contribution in [0.2, 0.25) is 0 Å². The summed E-state index contributed by atoms with van der Waals surface area (Å²) < 4.78 is 0. The first-order chi connectivity index (χ1) is 6.79. The lowest BCUT2D eigenvalue weighted by Crippen LogP contribution is -2.47. The molecule has 0 saturated carbocycles. The van der Waals surface area contributed by atoms with E-state index in [1.165, 1.54) is 0 Å². The summed E-state index contributed by atoms with van der Waals surface area (Å²) in [6, 6.07) is 0. The van der Waals surface area contributed by atoms with Gasteiger partial charge in [0, 0.05) is 17.7 Å². The van der Waals surface area contributed by atoms with Gasteiger partial charge < -0.3 is 5.32 Å². The van der Waals surface area contributed by atoms with Gasteiger partial charge in [0.05, 0.1) is 0 Å². The molecule has 15 heavy (non-hydrogen) atoms. The van der Waals surface area contributed by atoms with Crippen molar-refractivity contribution in [3.63, 3.8) is 0 Å². The largest absolute Gasteiger partial charge is 0.350 e. The maximum atomic E-state index is 11.4. The first-order valence-corrected chi connectivity index (χ1v) is 4.64. The Morgan fingerprint density at radius 2 is 1.73 bits per heavy atom. The van der Waals surface area contributed by atoms with Gasteiger partial charge in [-0.3, -0.25) is 19.3 Å². The van der Waals surface area contributed by atoms with Crippen LogP contribution in [0.4, 0.5) is 0 Å². The zero-order valence-corrected chi connectivity index (χ0v) is 9.03. The molecule has 1 aliphatic rings. The average Bonchev–Trinajstić information content (AvgIpc) is 2.32. The van der Waals surface area contributed by atoms with E-state index in [1.807, 2.05) is 20.8 Å². The Hall–Kier alpha value is -1.65. The van der Waals surface area contributed by atoms with Gasteiger partial charge in [0.1, 0.15) is 6.54 Å². The lowest BCUT2D eigenvalue weighted by molar-refractivity contribution is -0.141. The van der Waals surface area contributed by atoms with Crippen molar-refractivity contribution in [1.82, 2.24) is 10.2 Å². The molecule has 0 unspecified atom stereocenters. The molecule has 0 aromatic carbocycles. The Balaban J connectivity index is 2.53. The zero-order chi connectivity index (χ0) is 11.6. The highest BCUT2D eigenvalue weighted by Crippen LogP contribution is 2.04. The van der Waals surface area contributed by atoms with Crippen LogP contribution in [0.3, 0.4) is 0 Å². The second-order valence-electron chi connectivity index (χ2n) is 4.39. The van der Waals surface area contributed by atoms with Crippen molar-refractivity contribution in [2.24, 2.45) is 0 Å². The van der Waals surface area contributed by atoms with E-state index in [2.05, 4.69) is 5.32 Å². The summed E-state index contributed by atoms with van der Waals surface area (Å²) in [6.07, 6.45) is 2.32. The van der Waals surface area contributed by atoms with Gasteiger partial charge in [0.25, 0.3) is 11.8 Å². The fraction of sp³-hybridized carbons (Fsp3) is 0.500. The molecule has 0 saturated heterocycles. The number of nitrogens with zero attached hydrogens (tertiary/aromatic N) is 1. The summed E-state index contributed by atoms with van der Waals surface area (Å²) in [6.45, 7) is 5.27. The van der Waals surface area contributed by atoms with E-state index in [1.54, 1.807) is 0 Å². The minimum atomic E-state index is -0.441. The smallest absolute Gasteiger partial charge is 0.254 e. The Morgan fingerprint density at radius 3 is 2.13 bits per heavy atom. The molecule has 0 atom stereocenters. The molecule has 5 nitrogen and oxygen atoms in total. The number of imide groups is 1. The number of rotatable bonds is 2. The molecule has 0 bridgehead atoms. The van der Waals surface area contributed by atoms with Crippen molar-refractivity contribution in [3.8, 4) is 0 Å². The van der Waals surface area contributed by atoms with E-state index in [0.717, 1.165) is 17.1 Å². The highest BCUT2D eigenvalue weighted by Gasteiger charge is 2.26. The maximum absolute atomic E-state index is 11.4. The van der Waals surface area contributed by atoms with E-state index < -0.39 is 11.8 Å². The molecule has 0 spiro atoms. The zero-order valence-electron chi connectivity index (χ0n) is 9.03. The molecule has 0 aromatic heterocycles. The van der Waals surface area contributed by atoms with Crippen LogP contribution in [-0.4, -0.2) is 34.7 Å². The molecule has 0 aliphatic carbocycles. The number of carbonyl (C=O) groups is 3. The number of amides is 3. The van der Waals surface area contributed by atoms with Crippen molar-refractivity contribution in [2.45, 2.75) is 26.3 Å². The molecular weight excluding hydrogens is 196 g/mol. The molecule has 1 N–H and O–H groups in total. The van der Waals surface area contributed by atoms with Crippen molar-refractivity contribution >= 4 is 17.7 Å². The Bertz CT molecular complexity index is 321. The van der Waals surface area contributed by atoms with E-state index in [-0.39, 0.29) is 18.0 Å². The van der Waals surface area contributed by atoms with Crippen molar-refractivity contribution < 1.29 is 14.4 Å². The van der Waals surface area contributed by atoms with E-state index in [9.17, 15) is 14.4 Å². The summed E-state index contributed by atoms with van der Waals surface area (Å²) in [4.78, 5) is 34.6. The molecule has 82 valence electrons. The van der Waals surface area contributed by atoms with Gasteiger partial charge >= 0.3 is 0 Å². The first kappa shape index (κ1) is 11.4. The van der Waals surface area contributed by atoms with Crippen LogP contribution >= 0.6 is 0 Å². The summed E-state index contributed by atoms with van der Waals surface area (Å²) in [5.74, 6) is -1.22. The molecule has 3 amide bonds. The molecule has 1 heterocycles. The molecule has 1 aliphatic heterocycles. The fourth-order valence-corrected chi connectivity index (χ4v) is 1.19. The van der Waals surface area contributed by atoms with E-state index in [4.69, 9.17) is 0 Å². The predicted molar refractivity (Wildman–Crippen MR) is 53.8 cm³/mol. The molecule has 0 radical (unpaired) electrons. The van der Waals surface area contributed by atoms with Gasteiger partial charge in [-0.25, -0.2) is 0 Å². The SMILES string of the molecule is CC(C)(C)NC(=O)CN1C(=O)C=CC1=O. The Morgan fingerprint density at radius 1 is 1.27 bits per heavy atom. The summed E-state index contributed by atoms with van der Waals surface area (Å²) in [7, 11) is 0. The minimum Gasteiger partial charge on any atom is -0.350 e. The van der Waals surface area contributed by atoms with Gasteiger partial charge in [-0.2, -0.15) is 0 Å². The monoisotopic (exact) mass is 210 g/mol. The molecule has 5 heteroatoms. The lowest BCUT2D eigenvalue weighted by atomic mass is 10.1. The van der Waals surface area contributed by atoms with Crippen LogP contribution in [0.25, 0.3) is 0 Å². The van der Waals surface area contributed by atoms with Crippen molar-refractivity contribution in [2.75, 3.05) is 6.54 Å². The quantitative estimate of drug-likeness (QED) is 0.643. The second-order valence-corrected chi connectivity index (χ2v) is 4.39. The van der Waals surface area contributed by atoms with Crippen LogP contribution in [-0.2, 0) is 14.4 Å². The predicted octanol–water partition coefficient (Wildman–Crippen LogP) is -0.174.